The highest BCUT2D eigenvalue weighted by atomic mass is 16.5. The molecule has 0 radical (unpaired) electrons. The number of allylic oxidation sites excluding steroid dienone is 1. The molecule has 234 valence electrons. The van der Waals surface area contributed by atoms with Gasteiger partial charge in [0.25, 0.3) is 5.91 Å². The van der Waals surface area contributed by atoms with Crippen molar-refractivity contribution in [2.24, 2.45) is 5.10 Å². The van der Waals surface area contributed by atoms with Gasteiger partial charge < -0.3 is 34.3 Å². The molecule has 1 aliphatic rings. The molecule has 45 heavy (non-hydrogen) atoms. The number of hydrazone groups is 1. The van der Waals surface area contributed by atoms with E-state index in [1.54, 1.807) is 87.7 Å². The van der Waals surface area contributed by atoms with Crippen molar-refractivity contribution in [3.63, 3.8) is 0 Å². The van der Waals surface area contributed by atoms with Gasteiger partial charge in [0.15, 0.2) is 18.1 Å². The van der Waals surface area contributed by atoms with Crippen molar-refractivity contribution in [1.29, 1.82) is 0 Å². The molecular formula is C32H32N4O9. The molecule has 0 fully saturated rings. The number of hydrogen-bond donors (Lipinski definition) is 3. The zero-order chi connectivity index (χ0) is 32.3. The van der Waals surface area contributed by atoms with Crippen LogP contribution in [0, 0.1) is 0 Å². The van der Waals surface area contributed by atoms with Gasteiger partial charge in [-0.3, -0.25) is 4.79 Å². The Morgan fingerprint density at radius 2 is 1.62 bits per heavy atom. The second-order valence-corrected chi connectivity index (χ2v) is 9.47. The lowest BCUT2D eigenvalue weighted by molar-refractivity contribution is -0.139. The average molecular weight is 617 g/mol. The molecular weight excluding hydrogens is 584 g/mol. The van der Waals surface area contributed by atoms with Gasteiger partial charge in [-0.15, -0.1) is 0 Å². The van der Waals surface area contributed by atoms with Gasteiger partial charge in [-0.25, -0.2) is 19.8 Å². The molecule has 1 aliphatic heterocycles. The van der Waals surface area contributed by atoms with Gasteiger partial charge in [0.1, 0.15) is 11.5 Å². The topological polar surface area (TPSA) is 163 Å². The molecule has 0 saturated heterocycles. The van der Waals surface area contributed by atoms with Crippen molar-refractivity contribution >= 4 is 30.1 Å². The molecule has 0 spiro atoms. The molecule has 1 heterocycles. The maximum atomic E-state index is 12.6. The van der Waals surface area contributed by atoms with Gasteiger partial charge in [-0.05, 0) is 85.6 Å². The zero-order valence-electron chi connectivity index (χ0n) is 25.0. The number of nitrogens with one attached hydrogen (secondary N) is 3. The van der Waals surface area contributed by atoms with Gasteiger partial charge in [0, 0.05) is 5.70 Å². The van der Waals surface area contributed by atoms with Gasteiger partial charge in [-0.2, -0.15) is 5.10 Å². The minimum absolute atomic E-state index is 0.175. The highest BCUT2D eigenvalue weighted by Gasteiger charge is 2.32. The summed E-state index contributed by atoms with van der Waals surface area (Å²) in [5, 5.41) is 9.23. The van der Waals surface area contributed by atoms with Crippen LogP contribution >= 0.6 is 0 Å². The largest absolute Gasteiger partial charge is 0.497 e. The minimum Gasteiger partial charge on any atom is -0.497 e. The first-order valence-electron chi connectivity index (χ1n) is 13.8. The van der Waals surface area contributed by atoms with E-state index in [2.05, 4.69) is 21.2 Å². The normalized spacial score (nSPS) is 14.2. The van der Waals surface area contributed by atoms with Gasteiger partial charge in [0.05, 0.1) is 44.2 Å². The maximum Gasteiger partial charge on any atom is 0.343 e. The van der Waals surface area contributed by atoms with E-state index in [1.165, 1.54) is 13.3 Å². The van der Waals surface area contributed by atoms with Crippen LogP contribution in [0.4, 0.5) is 4.79 Å². The molecule has 3 amide bonds. The Labute approximate surface area is 259 Å². The Balaban J connectivity index is 1.31. The quantitative estimate of drug-likeness (QED) is 0.119. The van der Waals surface area contributed by atoms with Gasteiger partial charge in [-0.1, -0.05) is 6.07 Å². The smallest absolute Gasteiger partial charge is 0.343 e. The molecule has 4 rings (SSSR count). The van der Waals surface area contributed by atoms with E-state index in [1.807, 2.05) is 0 Å². The number of carbonyl (C=O) groups is 4. The van der Waals surface area contributed by atoms with Crippen LogP contribution in [0.15, 0.2) is 83.1 Å². The first-order chi connectivity index (χ1) is 21.7. The molecule has 0 aliphatic carbocycles. The molecule has 3 N–H and O–H groups in total. The molecule has 0 saturated carbocycles. The minimum atomic E-state index is -0.784. The van der Waals surface area contributed by atoms with Crippen LogP contribution in [0.1, 0.15) is 41.4 Å². The lowest BCUT2D eigenvalue weighted by Gasteiger charge is -2.28. The Morgan fingerprint density at radius 3 is 2.29 bits per heavy atom. The SMILES string of the molecule is CCOC(=O)C1=C(C)NC(=O)N[C@@H]1c1ccc(OCC(=O)N/N=C\c2ccc(OC(=O)c3ccc(OC)cc3)cc2)c(OC)c1. The predicted octanol–water partition coefficient (Wildman–Crippen LogP) is 3.64. The van der Waals surface area contributed by atoms with Crippen LogP contribution in [-0.4, -0.2) is 57.5 Å². The van der Waals surface area contributed by atoms with Crippen LogP contribution in [-0.2, 0) is 14.3 Å². The third kappa shape index (κ3) is 8.38. The van der Waals surface area contributed by atoms with E-state index in [9.17, 15) is 19.2 Å². The van der Waals surface area contributed by atoms with Crippen molar-refractivity contribution in [3.05, 3.63) is 94.7 Å². The fourth-order valence-corrected chi connectivity index (χ4v) is 4.28. The number of urea groups is 1. The van der Waals surface area contributed by atoms with Gasteiger partial charge in [0.2, 0.25) is 0 Å². The number of benzene rings is 3. The number of carbonyl (C=O) groups excluding carboxylic acids is 4. The molecule has 13 heteroatoms. The summed E-state index contributed by atoms with van der Waals surface area (Å²) >= 11 is 0. The number of ether oxygens (including phenoxy) is 5. The Kier molecular flexibility index (Phi) is 10.7. The number of methoxy groups -OCH3 is 2. The van der Waals surface area contributed by atoms with Crippen LogP contribution < -0.4 is 35.0 Å². The second kappa shape index (κ2) is 15.0. The third-order valence-electron chi connectivity index (χ3n) is 6.46. The second-order valence-electron chi connectivity index (χ2n) is 9.47. The molecule has 0 bridgehead atoms. The van der Waals surface area contributed by atoms with E-state index in [0.29, 0.717) is 33.9 Å². The van der Waals surface area contributed by atoms with Crippen LogP contribution in [0.2, 0.25) is 0 Å². The molecule has 13 nitrogen and oxygen atoms in total. The Bertz CT molecular complexity index is 1620. The lowest BCUT2D eigenvalue weighted by Crippen LogP contribution is -2.45. The van der Waals surface area contributed by atoms with E-state index < -0.39 is 29.9 Å². The summed E-state index contributed by atoms with van der Waals surface area (Å²) in [4.78, 5) is 49.4. The Morgan fingerprint density at radius 1 is 0.911 bits per heavy atom. The number of rotatable bonds is 12. The number of esters is 2. The first-order valence-corrected chi connectivity index (χ1v) is 13.8. The molecule has 1 atom stereocenters. The summed E-state index contributed by atoms with van der Waals surface area (Å²) in [6.45, 7) is 3.11. The van der Waals surface area contributed by atoms with Crippen molar-refractivity contribution in [1.82, 2.24) is 16.1 Å². The average Bonchev–Trinajstić information content (AvgIpc) is 3.04. The van der Waals surface area contributed by atoms with Crippen molar-refractivity contribution in [2.75, 3.05) is 27.4 Å². The summed E-state index contributed by atoms with van der Waals surface area (Å²) in [6, 6.07) is 16.7. The number of amides is 3. The van der Waals surface area contributed by atoms with E-state index in [0.717, 1.165) is 0 Å². The Hall–Kier alpha value is -5.85. The first kappa shape index (κ1) is 32.1. The van der Waals surface area contributed by atoms with E-state index >= 15 is 0 Å². The summed E-state index contributed by atoms with van der Waals surface area (Å²) < 4.78 is 26.7. The fourth-order valence-electron chi connectivity index (χ4n) is 4.28. The summed E-state index contributed by atoms with van der Waals surface area (Å²) in [7, 11) is 2.97. The fraction of sp³-hybridized carbons (Fsp3) is 0.219. The lowest BCUT2D eigenvalue weighted by atomic mass is 9.95. The highest BCUT2D eigenvalue weighted by molar-refractivity contribution is 5.95. The predicted molar refractivity (Wildman–Crippen MR) is 162 cm³/mol. The maximum absolute atomic E-state index is 12.6. The molecule has 3 aromatic carbocycles. The van der Waals surface area contributed by atoms with E-state index in [-0.39, 0.29) is 30.3 Å². The van der Waals surface area contributed by atoms with Crippen molar-refractivity contribution in [2.45, 2.75) is 19.9 Å². The number of nitrogens with zero attached hydrogens (tertiary/aromatic N) is 1. The highest BCUT2D eigenvalue weighted by Crippen LogP contribution is 2.34. The third-order valence-corrected chi connectivity index (χ3v) is 6.46. The summed E-state index contributed by atoms with van der Waals surface area (Å²) in [5.41, 5.74) is 4.59. The monoisotopic (exact) mass is 616 g/mol. The van der Waals surface area contributed by atoms with Gasteiger partial charge >= 0.3 is 18.0 Å². The van der Waals surface area contributed by atoms with Crippen LogP contribution in [0.5, 0.6) is 23.0 Å². The molecule has 0 unspecified atom stereocenters. The molecule has 0 aromatic heterocycles. The van der Waals surface area contributed by atoms with Crippen LogP contribution in [0.25, 0.3) is 0 Å². The van der Waals surface area contributed by atoms with E-state index in [4.69, 9.17) is 23.7 Å². The molecule has 3 aromatic rings. The van der Waals surface area contributed by atoms with Crippen molar-refractivity contribution in [3.8, 4) is 23.0 Å². The summed E-state index contributed by atoms with van der Waals surface area (Å²) in [5.74, 6) is -0.0823. The van der Waals surface area contributed by atoms with Crippen molar-refractivity contribution < 1.29 is 42.9 Å². The number of hydrogen-bond acceptors (Lipinski definition) is 10. The zero-order valence-corrected chi connectivity index (χ0v) is 25.0. The summed E-state index contributed by atoms with van der Waals surface area (Å²) in [6.07, 6.45) is 1.42. The van der Waals surface area contributed by atoms with Crippen LogP contribution in [0.3, 0.4) is 0 Å². The standard InChI is InChI=1S/C32H32N4O9/c1-5-43-31(39)28-19(2)34-32(40)35-29(28)22-10-15-25(26(16-22)42-4)44-18-27(37)36-33-17-20-6-11-24(12-7-20)45-30(38)21-8-13-23(41-3)14-9-21/h6-17,29H,5,18H2,1-4H3,(H,36,37)(H2,34,35,40)/b33-17-/t29-/m1/s1.